The number of aromatic nitrogens is 1. The fourth-order valence-electron chi connectivity index (χ4n) is 1.55. The summed E-state index contributed by atoms with van der Waals surface area (Å²) in [5.74, 6) is 1.66. The highest BCUT2D eigenvalue weighted by Crippen LogP contribution is 2.19. The van der Waals surface area contributed by atoms with Crippen molar-refractivity contribution in [3.05, 3.63) is 53.3 Å². The Hall–Kier alpha value is -1.74. The number of ether oxygens (including phenoxy) is 2. The van der Waals surface area contributed by atoms with Gasteiger partial charge in [-0.1, -0.05) is 18.5 Å². The van der Waals surface area contributed by atoms with Crippen molar-refractivity contribution in [1.29, 1.82) is 0 Å². The van der Waals surface area contributed by atoms with Crippen molar-refractivity contribution in [2.75, 3.05) is 6.61 Å². The minimum atomic E-state index is 0.470. The molecule has 1 aromatic carbocycles. The predicted octanol–water partition coefficient (Wildman–Crippen LogP) is 4.10. The number of hydrogen-bond acceptors (Lipinski definition) is 3. The number of nitrogens with zero attached hydrogens (tertiary/aromatic N) is 1. The highest BCUT2D eigenvalue weighted by atomic mass is 35.5. The van der Waals surface area contributed by atoms with Gasteiger partial charge in [0, 0.05) is 6.20 Å². The lowest BCUT2D eigenvalue weighted by molar-refractivity contribution is 0.301. The molecule has 0 N–H and O–H groups in total. The largest absolute Gasteiger partial charge is 0.494 e. The van der Waals surface area contributed by atoms with Crippen LogP contribution in [-0.4, -0.2) is 11.6 Å². The molecular weight excluding hydrogens is 262 g/mol. The van der Waals surface area contributed by atoms with Crippen LogP contribution in [0.2, 0.25) is 5.15 Å². The standard InChI is InChI=1S/C15H16ClNO2/c1-2-9-18-13-3-5-14(6-4-13)19-11-12-7-8-17-15(16)10-12/h3-8,10H,2,9,11H2,1H3. The van der Waals surface area contributed by atoms with Gasteiger partial charge in [-0.3, -0.25) is 0 Å². The molecule has 0 radical (unpaired) electrons. The monoisotopic (exact) mass is 277 g/mol. The van der Waals surface area contributed by atoms with E-state index in [1.165, 1.54) is 0 Å². The summed E-state index contributed by atoms with van der Waals surface area (Å²) in [5.41, 5.74) is 0.992. The normalized spacial score (nSPS) is 10.2. The van der Waals surface area contributed by atoms with Crippen molar-refractivity contribution in [2.24, 2.45) is 0 Å². The molecule has 1 aromatic heterocycles. The molecule has 4 heteroatoms. The quantitative estimate of drug-likeness (QED) is 0.745. The summed E-state index contributed by atoms with van der Waals surface area (Å²) in [6.45, 7) is 3.28. The Morgan fingerprint density at radius 1 is 1.05 bits per heavy atom. The second kappa shape index (κ2) is 7.00. The van der Waals surface area contributed by atoms with E-state index in [0.717, 1.165) is 30.1 Å². The topological polar surface area (TPSA) is 31.4 Å². The van der Waals surface area contributed by atoms with Crippen molar-refractivity contribution in [1.82, 2.24) is 4.98 Å². The first-order chi connectivity index (χ1) is 9.28. The molecule has 3 nitrogen and oxygen atoms in total. The van der Waals surface area contributed by atoms with Gasteiger partial charge >= 0.3 is 0 Å². The van der Waals surface area contributed by atoms with E-state index >= 15 is 0 Å². The number of pyridine rings is 1. The maximum atomic E-state index is 5.81. The van der Waals surface area contributed by atoms with Gasteiger partial charge in [0.15, 0.2) is 0 Å². The molecule has 0 aliphatic rings. The summed E-state index contributed by atoms with van der Waals surface area (Å²) in [6.07, 6.45) is 2.67. The summed E-state index contributed by atoms with van der Waals surface area (Å²) < 4.78 is 11.2. The molecule has 1 heterocycles. The minimum absolute atomic E-state index is 0.470. The summed E-state index contributed by atoms with van der Waals surface area (Å²) in [6, 6.07) is 11.3. The van der Waals surface area contributed by atoms with Crippen molar-refractivity contribution in [3.63, 3.8) is 0 Å². The SMILES string of the molecule is CCCOc1ccc(OCc2ccnc(Cl)c2)cc1. The lowest BCUT2D eigenvalue weighted by atomic mass is 10.3. The number of halogens is 1. The molecule has 2 aromatic rings. The van der Waals surface area contributed by atoms with E-state index in [1.54, 1.807) is 12.3 Å². The average molecular weight is 278 g/mol. The Morgan fingerprint density at radius 3 is 2.37 bits per heavy atom. The van der Waals surface area contributed by atoms with Crippen LogP contribution in [0.3, 0.4) is 0 Å². The molecule has 100 valence electrons. The van der Waals surface area contributed by atoms with Crippen molar-refractivity contribution in [3.8, 4) is 11.5 Å². The molecular formula is C15H16ClNO2. The van der Waals surface area contributed by atoms with Gasteiger partial charge in [0.2, 0.25) is 0 Å². The van der Waals surface area contributed by atoms with Crippen LogP contribution in [-0.2, 0) is 6.61 Å². The van der Waals surface area contributed by atoms with Crippen LogP contribution < -0.4 is 9.47 Å². The Bertz CT molecular complexity index is 514. The van der Waals surface area contributed by atoms with Crippen LogP contribution in [0.5, 0.6) is 11.5 Å². The molecule has 0 unspecified atom stereocenters. The molecule has 0 aliphatic carbocycles. The Balaban J connectivity index is 1.89. The molecule has 19 heavy (non-hydrogen) atoms. The molecule has 0 saturated heterocycles. The Kier molecular flexibility index (Phi) is 5.04. The smallest absolute Gasteiger partial charge is 0.129 e. The summed E-state index contributed by atoms with van der Waals surface area (Å²) in [7, 11) is 0. The van der Waals surface area contributed by atoms with Gasteiger partial charge in [0.1, 0.15) is 23.3 Å². The summed E-state index contributed by atoms with van der Waals surface area (Å²) in [4.78, 5) is 3.93. The molecule has 0 saturated carbocycles. The fraction of sp³-hybridized carbons (Fsp3) is 0.267. The maximum Gasteiger partial charge on any atom is 0.129 e. The molecule has 0 aliphatic heterocycles. The first-order valence-electron chi connectivity index (χ1n) is 6.24. The number of benzene rings is 1. The Labute approximate surface area is 118 Å². The van der Waals surface area contributed by atoms with E-state index in [4.69, 9.17) is 21.1 Å². The van der Waals surface area contributed by atoms with Gasteiger partial charge in [-0.15, -0.1) is 0 Å². The summed E-state index contributed by atoms with van der Waals surface area (Å²) >= 11 is 5.81. The lowest BCUT2D eigenvalue weighted by Gasteiger charge is -2.08. The van der Waals surface area contributed by atoms with Gasteiger partial charge in [-0.05, 0) is 48.4 Å². The van der Waals surface area contributed by atoms with Crippen LogP contribution in [0.15, 0.2) is 42.6 Å². The van der Waals surface area contributed by atoms with Crippen LogP contribution in [0.25, 0.3) is 0 Å². The molecule has 0 spiro atoms. The maximum absolute atomic E-state index is 5.81. The zero-order valence-electron chi connectivity index (χ0n) is 10.8. The number of hydrogen-bond donors (Lipinski definition) is 0. The first-order valence-corrected chi connectivity index (χ1v) is 6.62. The van der Waals surface area contributed by atoms with Gasteiger partial charge in [-0.25, -0.2) is 4.98 Å². The van der Waals surface area contributed by atoms with E-state index in [1.807, 2.05) is 30.3 Å². The second-order valence-corrected chi connectivity index (χ2v) is 4.48. The Morgan fingerprint density at radius 2 is 1.74 bits per heavy atom. The van der Waals surface area contributed by atoms with Gasteiger partial charge in [0.05, 0.1) is 6.61 Å². The zero-order valence-corrected chi connectivity index (χ0v) is 11.6. The van der Waals surface area contributed by atoms with Gasteiger partial charge in [-0.2, -0.15) is 0 Å². The molecule has 0 atom stereocenters. The minimum Gasteiger partial charge on any atom is -0.494 e. The highest BCUT2D eigenvalue weighted by Gasteiger charge is 1.99. The van der Waals surface area contributed by atoms with Crippen LogP contribution in [0.4, 0.5) is 0 Å². The second-order valence-electron chi connectivity index (χ2n) is 4.10. The van der Waals surface area contributed by atoms with Crippen molar-refractivity contribution >= 4 is 11.6 Å². The van der Waals surface area contributed by atoms with Gasteiger partial charge < -0.3 is 9.47 Å². The van der Waals surface area contributed by atoms with Crippen molar-refractivity contribution < 1.29 is 9.47 Å². The van der Waals surface area contributed by atoms with E-state index in [-0.39, 0.29) is 0 Å². The van der Waals surface area contributed by atoms with E-state index < -0.39 is 0 Å². The van der Waals surface area contributed by atoms with E-state index in [2.05, 4.69) is 11.9 Å². The third-order valence-electron chi connectivity index (χ3n) is 2.49. The zero-order chi connectivity index (χ0) is 13.5. The first kappa shape index (κ1) is 13.7. The summed E-state index contributed by atoms with van der Waals surface area (Å²) in [5, 5.41) is 0.476. The number of rotatable bonds is 6. The molecule has 2 rings (SSSR count). The predicted molar refractivity (Wildman–Crippen MR) is 75.8 cm³/mol. The molecule has 0 bridgehead atoms. The van der Waals surface area contributed by atoms with E-state index in [9.17, 15) is 0 Å². The van der Waals surface area contributed by atoms with Crippen LogP contribution in [0.1, 0.15) is 18.9 Å². The van der Waals surface area contributed by atoms with Crippen LogP contribution in [0, 0.1) is 0 Å². The van der Waals surface area contributed by atoms with Gasteiger partial charge in [0.25, 0.3) is 0 Å². The average Bonchev–Trinajstić information content (AvgIpc) is 2.44. The third kappa shape index (κ3) is 4.45. The lowest BCUT2D eigenvalue weighted by Crippen LogP contribution is -1.97. The van der Waals surface area contributed by atoms with Crippen LogP contribution >= 0.6 is 11.6 Å². The van der Waals surface area contributed by atoms with E-state index in [0.29, 0.717) is 11.8 Å². The highest BCUT2D eigenvalue weighted by molar-refractivity contribution is 6.29. The van der Waals surface area contributed by atoms with Crippen molar-refractivity contribution in [2.45, 2.75) is 20.0 Å². The molecule has 0 amide bonds. The molecule has 0 fully saturated rings. The fourth-order valence-corrected chi connectivity index (χ4v) is 1.75. The third-order valence-corrected chi connectivity index (χ3v) is 2.70.